The Bertz CT molecular complexity index is 3000. The van der Waals surface area contributed by atoms with Crippen molar-refractivity contribution in [2.45, 2.75) is 19.3 Å². The first kappa shape index (κ1) is 28.1. The lowest BCUT2D eigenvalue weighted by Gasteiger charge is -2.22. The van der Waals surface area contributed by atoms with Crippen LogP contribution in [0.15, 0.2) is 158 Å². The van der Waals surface area contributed by atoms with E-state index in [4.69, 9.17) is 0 Å². The van der Waals surface area contributed by atoms with E-state index in [0.717, 1.165) is 0 Å². The lowest BCUT2D eigenvalue weighted by atomic mass is 9.81. The summed E-state index contributed by atoms with van der Waals surface area (Å²) in [5, 5.41) is 13.1. The van der Waals surface area contributed by atoms with Crippen molar-refractivity contribution >= 4 is 74.6 Å². The second-order valence-electron chi connectivity index (χ2n) is 14.4. The monoisotopic (exact) mass is 652 g/mol. The Morgan fingerprint density at radius 1 is 0.380 bits per heavy atom. The van der Waals surface area contributed by atoms with Crippen molar-refractivity contribution < 1.29 is 0 Å². The zero-order valence-electron chi connectivity index (χ0n) is 27.9. The average Bonchev–Trinajstić information content (AvgIpc) is 3.64. The van der Waals surface area contributed by atoms with Crippen LogP contribution in [-0.2, 0) is 5.41 Å². The maximum absolute atomic E-state index is 2.51. The summed E-state index contributed by atoms with van der Waals surface area (Å²) in [6, 6.07) is 59.3. The molecule has 0 aliphatic heterocycles. The Labute approximate surface area is 294 Å². The molecule has 0 nitrogen and oxygen atoms in total. The topological polar surface area (TPSA) is 0 Å². The summed E-state index contributed by atoms with van der Waals surface area (Å²) in [5.41, 5.74) is 10.6. The molecule has 0 amide bonds. The number of benzene rings is 9. The van der Waals surface area contributed by atoms with E-state index in [1.54, 1.807) is 0 Å². The fourth-order valence-electron chi connectivity index (χ4n) is 9.12. The van der Waals surface area contributed by atoms with Crippen LogP contribution in [0.4, 0.5) is 0 Å². The van der Waals surface area contributed by atoms with Gasteiger partial charge < -0.3 is 0 Å². The number of hydrogen-bond donors (Lipinski definition) is 0. The van der Waals surface area contributed by atoms with Gasteiger partial charge in [-0.1, -0.05) is 141 Å². The van der Waals surface area contributed by atoms with E-state index in [-0.39, 0.29) is 5.41 Å². The van der Waals surface area contributed by atoms with Crippen LogP contribution in [-0.4, -0.2) is 0 Å². The van der Waals surface area contributed by atoms with Crippen molar-refractivity contribution in [1.29, 1.82) is 0 Å². The smallest absolute Gasteiger partial charge is 0.0361 e. The van der Waals surface area contributed by atoms with Gasteiger partial charge in [0.25, 0.3) is 0 Å². The Morgan fingerprint density at radius 2 is 1.00 bits per heavy atom. The number of fused-ring (bicyclic) bond motifs is 11. The van der Waals surface area contributed by atoms with Crippen LogP contribution in [0.3, 0.4) is 0 Å². The van der Waals surface area contributed by atoms with E-state index in [0.29, 0.717) is 0 Å². The SMILES string of the molecule is CC1(C)c2ccc(-c3c4ccccc4c(-c4cccc5ccccc45)c4ccccc34)cc2-c2cc3ccc4sc5ccccc5c4c3cc21. The first-order valence-electron chi connectivity index (χ1n) is 17.5. The van der Waals surface area contributed by atoms with E-state index in [1.807, 2.05) is 11.3 Å². The normalized spacial score (nSPS) is 13.6. The standard InChI is InChI=1S/C49H32S/c1-49(2)42-24-22-31(27-40(42)41-26-30-23-25-45-48(39(30)28-43(41)49)38-19-9-10-21-44(38)50-45)46-34-15-5-7-17-36(34)47(37-18-8-6-16-35(37)46)33-20-11-13-29-12-3-4-14-32(29)33/h3-28H,1-2H3. The summed E-state index contributed by atoms with van der Waals surface area (Å²) in [6.45, 7) is 4.80. The summed E-state index contributed by atoms with van der Waals surface area (Å²) in [5.74, 6) is 0. The van der Waals surface area contributed by atoms with Gasteiger partial charge in [-0.3, -0.25) is 0 Å². The van der Waals surface area contributed by atoms with E-state index < -0.39 is 0 Å². The van der Waals surface area contributed by atoms with Gasteiger partial charge in [-0.25, -0.2) is 0 Å². The summed E-state index contributed by atoms with van der Waals surface area (Å²) in [7, 11) is 0. The highest BCUT2D eigenvalue weighted by Crippen LogP contribution is 2.53. The van der Waals surface area contributed by atoms with Crippen LogP contribution in [0.5, 0.6) is 0 Å². The molecule has 0 fully saturated rings. The lowest BCUT2D eigenvalue weighted by molar-refractivity contribution is 0.661. The third kappa shape index (κ3) is 3.76. The van der Waals surface area contributed by atoms with Crippen molar-refractivity contribution in [1.82, 2.24) is 0 Å². The Hall–Kier alpha value is -5.76. The van der Waals surface area contributed by atoms with Gasteiger partial charge in [0, 0.05) is 25.6 Å². The Morgan fingerprint density at radius 3 is 1.76 bits per heavy atom. The zero-order valence-corrected chi connectivity index (χ0v) is 28.7. The molecule has 0 atom stereocenters. The maximum atomic E-state index is 2.51. The lowest BCUT2D eigenvalue weighted by Crippen LogP contribution is -2.14. The van der Waals surface area contributed by atoms with Crippen LogP contribution < -0.4 is 0 Å². The first-order valence-corrected chi connectivity index (χ1v) is 18.3. The van der Waals surface area contributed by atoms with Gasteiger partial charge in [-0.2, -0.15) is 0 Å². The minimum atomic E-state index is -0.103. The third-order valence-corrected chi connectivity index (χ3v) is 12.6. The molecule has 1 heteroatoms. The highest BCUT2D eigenvalue weighted by Gasteiger charge is 2.36. The Kier molecular flexibility index (Phi) is 5.70. The van der Waals surface area contributed by atoms with Crippen molar-refractivity contribution in [2.24, 2.45) is 0 Å². The van der Waals surface area contributed by atoms with Crippen molar-refractivity contribution in [3.63, 3.8) is 0 Å². The molecule has 1 heterocycles. The molecule has 0 bridgehead atoms. The highest BCUT2D eigenvalue weighted by molar-refractivity contribution is 7.26. The predicted octanol–water partition coefficient (Wildman–Crippen LogP) is 14.3. The van der Waals surface area contributed by atoms with Gasteiger partial charge in [-0.15, -0.1) is 11.3 Å². The zero-order chi connectivity index (χ0) is 33.1. The molecular weight excluding hydrogens is 621 g/mol. The van der Waals surface area contributed by atoms with Gasteiger partial charge in [0.15, 0.2) is 0 Å². The third-order valence-electron chi connectivity index (χ3n) is 11.4. The summed E-state index contributed by atoms with van der Waals surface area (Å²) in [4.78, 5) is 0. The van der Waals surface area contributed by atoms with Crippen LogP contribution in [0.25, 0.3) is 96.6 Å². The van der Waals surface area contributed by atoms with Crippen LogP contribution in [0, 0.1) is 0 Å². The van der Waals surface area contributed by atoms with Crippen LogP contribution >= 0.6 is 11.3 Å². The minimum Gasteiger partial charge on any atom is -0.135 e. The summed E-state index contributed by atoms with van der Waals surface area (Å²) >= 11 is 1.90. The fraction of sp³-hybridized carbons (Fsp3) is 0.0612. The van der Waals surface area contributed by atoms with Gasteiger partial charge in [0.1, 0.15) is 0 Å². The van der Waals surface area contributed by atoms with Crippen molar-refractivity contribution in [2.75, 3.05) is 0 Å². The van der Waals surface area contributed by atoms with Crippen LogP contribution in [0.2, 0.25) is 0 Å². The number of hydrogen-bond acceptors (Lipinski definition) is 1. The van der Waals surface area contributed by atoms with E-state index in [1.165, 1.54) is 108 Å². The Balaban J connectivity index is 1.18. The second-order valence-corrected chi connectivity index (χ2v) is 15.5. The maximum Gasteiger partial charge on any atom is 0.0361 e. The largest absolute Gasteiger partial charge is 0.135 e. The predicted molar refractivity (Wildman–Crippen MR) is 218 cm³/mol. The number of rotatable bonds is 2. The summed E-state index contributed by atoms with van der Waals surface area (Å²) in [6.07, 6.45) is 0. The molecule has 0 spiro atoms. The van der Waals surface area contributed by atoms with Crippen molar-refractivity contribution in [3.8, 4) is 33.4 Å². The molecule has 0 saturated carbocycles. The molecule has 1 aliphatic carbocycles. The quantitative estimate of drug-likeness (QED) is 0.163. The first-order chi connectivity index (χ1) is 24.6. The second kappa shape index (κ2) is 10.1. The number of thiophene rings is 1. The van der Waals surface area contributed by atoms with Gasteiger partial charge in [0.05, 0.1) is 0 Å². The molecule has 50 heavy (non-hydrogen) atoms. The molecule has 11 rings (SSSR count). The molecule has 0 N–H and O–H groups in total. The van der Waals surface area contributed by atoms with Crippen LogP contribution in [0.1, 0.15) is 25.0 Å². The van der Waals surface area contributed by atoms with E-state index in [9.17, 15) is 0 Å². The molecule has 1 aromatic heterocycles. The van der Waals surface area contributed by atoms with E-state index >= 15 is 0 Å². The molecule has 0 saturated heterocycles. The van der Waals surface area contributed by atoms with Gasteiger partial charge >= 0.3 is 0 Å². The van der Waals surface area contributed by atoms with E-state index in [2.05, 4.69) is 172 Å². The average molecular weight is 653 g/mol. The van der Waals surface area contributed by atoms with Crippen molar-refractivity contribution in [3.05, 3.63) is 169 Å². The van der Waals surface area contributed by atoms with Gasteiger partial charge in [0.2, 0.25) is 0 Å². The fourth-order valence-corrected chi connectivity index (χ4v) is 10.2. The molecule has 9 aromatic carbocycles. The molecular formula is C49H32S. The minimum absolute atomic E-state index is 0.103. The molecule has 1 aliphatic rings. The molecule has 234 valence electrons. The molecule has 10 aromatic rings. The van der Waals surface area contributed by atoms with Gasteiger partial charge in [-0.05, 0) is 118 Å². The highest BCUT2D eigenvalue weighted by atomic mass is 32.1. The summed E-state index contributed by atoms with van der Waals surface area (Å²) < 4.78 is 2.72. The molecule has 0 radical (unpaired) electrons. The molecule has 0 unspecified atom stereocenters.